The van der Waals surface area contributed by atoms with Crippen molar-refractivity contribution in [1.82, 2.24) is 14.3 Å². The average Bonchev–Trinajstić information content (AvgIpc) is 3.21. The molecule has 1 fully saturated rings. The van der Waals surface area contributed by atoms with E-state index in [1.165, 1.54) is 5.56 Å². The number of benzene rings is 1. The maximum Gasteiger partial charge on any atom is 0.274 e. The van der Waals surface area contributed by atoms with Gasteiger partial charge in [0.25, 0.3) is 5.91 Å². The molecular weight excluding hydrogens is 286 g/mol. The van der Waals surface area contributed by atoms with Crippen molar-refractivity contribution in [2.45, 2.75) is 25.8 Å². The molecule has 0 N–H and O–H groups in total. The molecule has 4 heteroatoms. The molecule has 1 atom stereocenters. The Morgan fingerprint density at radius 2 is 2.04 bits per heavy atom. The molecule has 4 nitrogen and oxygen atoms in total. The number of aromatic nitrogens is 2. The second kappa shape index (κ2) is 5.54. The van der Waals surface area contributed by atoms with Gasteiger partial charge in [0.2, 0.25) is 0 Å². The van der Waals surface area contributed by atoms with Gasteiger partial charge in [-0.3, -0.25) is 4.79 Å². The van der Waals surface area contributed by atoms with Crippen LogP contribution >= 0.6 is 0 Å². The highest BCUT2D eigenvalue weighted by atomic mass is 16.2. The van der Waals surface area contributed by atoms with E-state index in [1.807, 2.05) is 58.9 Å². The van der Waals surface area contributed by atoms with Crippen molar-refractivity contribution in [2.24, 2.45) is 0 Å². The Morgan fingerprint density at radius 3 is 2.87 bits per heavy atom. The van der Waals surface area contributed by atoms with E-state index < -0.39 is 0 Å². The van der Waals surface area contributed by atoms with Crippen LogP contribution in [0.1, 0.15) is 40.5 Å². The van der Waals surface area contributed by atoms with E-state index in [-0.39, 0.29) is 11.9 Å². The normalized spacial score (nSPS) is 17.8. The second-order valence-electron chi connectivity index (χ2n) is 6.16. The molecule has 3 aromatic rings. The van der Waals surface area contributed by atoms with Gasteiger partial charge in [0.15, 0.2) is 0 Å². The van der Waals surface area contributed by atoms with Crippen LogP contribution in [-0.2, 0) is 0 Å². The lowest BCUT2D eigenvalue weighted by Gasteiger charge is -2.24. The molecule has 1 aromatic carbocycles. The number of amides is 1. The van der Waals surface area contributed by atoms with Gasteiger partial charge in [-0.25, -0.2) is 4.98 Å². The second-order valence-corrected chi connectivity index (χ2v) is 6.16. The molecule has 1 saturated heterocycles. The van der Waals surface area contributed by atoms with Crippen molar-refractivity contribution in [3.63, 3.8) is 0 Å². The van der Waals surface area contributed by atoms with Crippen molar-refractivity contribution in [1.29, 1.82) is 0 Å². The van der Waals surface area contributed by atoms with Crippen LogP contribution in [0.15, 0.2) is 54.9 Å². The zero-order chi connectivity index (χ0) is 15.8. The first-order valence-corrected chi connectivity index (χ1v) is 8.04. The summed E-state index contributed by atoms with van der Waals surface area (Å²) in [5.41, 5.74) is 3.70. The van der Waals surface area contributed by atoms with Gasteiger partial charge in [0.05, 0.1) is 6.04 Å². The third-order valence-corrected chi connectivity index (χ3v) is 4.53. The first-order chi connectivity index (χ1) is 11.2. The van der Waals surface area contributed by atoms with Crippen LogP contribution in [0.2, 0.25) is 0 Å². The molecule has 1 aliphatic rings. The van der Waals surface area contributed by atoms with E-state index in [0.717, 1.165) is 30.6 Å². The van der Waals surface area contributed by atoms with Gasteiger partial charge in [-0.05, 0) is 43.0 Å². The Bertz CT molecular complexity index is 853. The molecule has 0 radical (unpaired) electrons. The lowest BCUT2D eigenvalue weighted by molar-refractivity contribution is 0.0730. The Hall–Kier alpha value is -2.62. The number of rotatable bonds is 2. The molecule has 1 unspecified atom stereocenters. The fourth-order valence-corrected chi connectivity index (χ4v) is 3.37. The summed E-state index contributed by atoms with van der Waals surface area (Å²) in [6.45, 7) is 2.83. The summed E-state index contributed by atoms with van der Waals surface area (Å²) in [7, 11) is 0. The molecule has 0 bridgehead atoms. The van der Waals surface area contributed by atoms with Gasteiger partial charge in [-0.1, -0.05) is 30.3 Å². The lowest BCUT2D eigenvalue weighted by atomic mass is 10.0. The SMILES string of the molecule is Cc1ccn2cc(C(=O)N3CCCC3c3ccccc3)nc2c1. The van der Waals surface area contributed by atoms with Crippen molar-refractivity contribution in [2.75, 3.05) is 6.54 Å². The number of likely N-dealkylation sites (tertiary alicyclic amines) is 1. The van der Waals surface area contributed by atoms with Crippen molar-refractivity contribution in [3.8, 4) is 0 Å². The standard InChI is InChI=1S/C19H19N3O/c1-14-9-11-21-13-16(20-18(21)12-14)19(23)22-10-5-8-17(22)15-6-3-2-4-7-15/h2-4,6-7,9,11-13,17H,5,8,10H2,1H3. The van der Waals surface area contributed by atoms with Gasteiger partial charge in [-0.15, -0.1) is 0 Å². The topological polar surface area (TPSA) is 37.6 Å². The van der Waals surface area contributed by atoms with E-state index in [0.29, 0.717) is 5.69 Å². The number of carbonyl (C=O) groups is 1. The zero-order valence-electron chi connectivity index (χ0n) is 13.1. The van der Waals surface area contributed by atoms with Crippen molar-refractivity contribution in [3.05, 3.63) is 71.7 Å². The molecule has 116 valence electrons. The Labute approximate surface area is 135 Å². The van der Waals surface area contributed by atoms with Crippen LogP contribution in [0, 0.1) is 6.92 Å². The number of imidazole rings is 1. The molecule has 1 amide bonds. The largest absolute Gasteiger partial charge is 0.330 e. The smallest absolute Gasteiger partial charge is 0.274 e. The minimum atomic E-state index is 0.0257. The number of carbonyl (C=O) groups excluding carboxylic acids is 1. The third-order valence-electron chi connectivity index (χ3n) is 4.53. The fraction of sp³-hybridized carbons (Fsp3) is 0.263. The molecule has 1 aliphatic heterocycles. The monoisotopic (exact) mass is 305 g/mol. The van der Waals surface area contributed by atoms with Crippen LogP contribution in [0.3, 0.4) is 0 Å². The summed E-state index contributed by atoms with van der Waals surface area (Å²) < 4.78 is 1.91. The quantitative estimate of drug-likeness (QED) is 0.725. The van der Waals surface area contributed by atoms with E-state index >= 15 is 0 Å². The molecular formula is C19H19N3O. The number of hydrogen-bond donors (Lipinski definition) is 0. The lowest BCUT2D eigenvalue weighted by Crippen LogP contribution is -2.30. The summed E-state index contributed by atoms with van der Waals surface area (Å²) in [6, 6.07) is 14.5. The van der Waals surface area contributed by atoms with E-state index in [4.69, 9.17) is 0 Å². The van der Waals surface area contributed by atoms with Crippen LogP contribution in [0.25, 0.3) is 5.65 Å². The highest BCUT2D eigenvalue weighted by Crippen LogP contribution is 2.32. The number of aryl methyl sites for hydroxylation is 1. The van der Waals surface area contributed by atoms with Crippen molar-refractivity contribution < 1.29 is 4.79 Å². The summed E-state index contributed by atoms with van der Waals surface area (Å²) in [4.78, 5) is 19.4. The summed E-state index contributed by atoms with van der Waals surface area (Å²) in [5, 5.41) is 0. The average molecular weight is 305 g/mol. The zero-order valence-corrected chi connectivity index (χ0v) is 13.1. The molecule has 2 aromatic heterocycles. The summed E-state index contributed by atoms with van der Waals surface area (Å²) in [5.74, 6) is 0.0257. The number of fused-ring (bicyclic) bond motifs is 1. The molecule has 0 saturated carbocycles. The maximum atomic E-state index is 12.9. The Balaban J connectivity index is 1.66. The minimum absolute atomic E-state index is 0.0257. The van der Waals surface area contributed by atoms with Gasteiger partial charge in [-0.2, -0.15) is 0 Å². The van der Waals surface area contributed by atoms with Crippen LogP contribution < -0.4 is 0 Å². The van der Waals surface area contributed by atoms with E-state index in [2.05, 4.69) is 17.1 Å². The Kier molecular flexibility index (Phi) is 3.37. The van der Waals surface area contributed by atoms with E-state index in [9.17, 15) is 4.79 Å². The number of nitrogens with zero attached hydrogens (tertiary/aromatic N) is 3. The van der Waals surface area contributed by atoms with Crippen LogP contribution in [0.5, 0.6) is 0 Å². The highest BCUT2D eigenvalue weighted by Gasteiger charge is 2.31. The predicted molar refractivity (Wildman–Crippen MR) is 89.4 cm³/mol. The highest BCUT2D eigenvalue weighted by molar-refractivity contribution is 5.93. The first-order valence-electron chi connectivity index (χ1n) is 8.04. The van der Waals surface area contributed by atoms with E-state index in [1.54, 1.807) is 0 Å². The summed E-state index contributed by atoms with van der Waals surface area (Å²) in [6.07, 6.45) is 5.84. The molecule has 23 heavy (non-hydrogen) atoms. The molecule has 4 rings (SSSR count). The molecule has 0 spiro atoms. The Morgan fingerprint density at radius 1 is 1.22 bits per heavy atom. The van der Waals surface area contributed by atoms with Gasteiger partial charge < -0.3 is 9.30 Å². The maximum absolute atomic E-state index is 12.9. The third kappa shape index (κ3) is 2.50. The van der Waals surface area contributed by atoms with Crippen LogP contribution in [-0.4, -0.2) is 26.7 Å². The minimum Gasteiger partial charge on any atom is -0.330 e. The molecule has 0 aliphatic carbocycles. The molecule has 3 heterocycles. The van der Waals surface area contributed by atoms with Gasteiger partial charge in [0.1, 0.15) is 11.3 Å². The summed E-state index contributed by atoms with van der Waals surface area (Å²) >= 11 is 0. The first kappa shape index (κ1) is 14.0. The van der Waals surface area contributed by atoms with Crippen LogP contribution in [0.4, 0.5) is 0 Å². The number of hydrogen-bond acceptors (Lipinski definition) is 2. The predicted octanol–water partition coefficient (Wildman–Crippen LogP) is 3.62. The number of pyridine rings is 1. The van der Waals surface area contributed by atoms with Gasteiger partial charge >= 0.3 is 0 Å². The fourth-order valence-electron chi connectivity index (χ4n) is 3.37. The van der Waals surface area contributed by atoms with Gasteiger partial charge in [0, 0.05) is 18.9 Å². The van der Waals surface area contributed by atoms with Crippen molar-refractivity contribution >= 4 is 11.6 Å².